The summed E-state index contributed by atoms with van der Waals surface area (Å²) in [7, 11) is -2.03. The van der Waals surface area contributed by atoms with Gasteiger partial charge < -0.3 is 4.52 Å². The van der Waals surface area contributed by atoms with E-state index in [9.17, 15) is 9.36 Å². The van der Waals surface area contributed by atoms with Crippen LogP contribution in [0.4, 0.5) is 0 Å². The van der Waals surface area contributed by atoms with E-state index in [0.717, 1.165) is 0 Å². The van der Waals surface area contributed by atoms with Crippen molar-refractivity contribution in [2.45, 2.75) is 13.8 Å². The Bertz CT molecular complexity index is 114. The van der Waals surface area contributed by atoms with Crippen LogP contribution >= 0.6 is 8.03 Å². The van der Waals surface area contributed by atoms with Crippen LogP contribution in [0.3, 0.4) is 0 Å². The molecule has 50 valence electrons. The first-order chi connectivity index (χ1) is 3.66. The SMILES string of the molecule is CC[PH](=O)OC(C)=O.[NaH]. The van der Waals surface area contributed by atoms with Crippen LogP contribution in [0.1, 0.15) is 13.8 Å². The van der Waals surface area contributed by atoms with E-state index >= 15 is 0 Å². The normalized spacial score (nSPS) is 11.3. The van der Waals surface area contributed by atoms with Gasteiger partial charge in [0.05, 0.1) is 0 Å². The Morgan fingerprint density at radius 2 is 2.11 bits per heavy atom. The fourth-order valence-corrected chi connectivity index (χ4v) is 0.697. The van der Waals surface area contributed by atoms with Crippen LogP contribution in [0.5, 0.6) is 0 Å². The van der Waals surface area contributed by atoms with Gasteiger partial charge in [-0.2, -0.15) is 0 Å². The maximum atomic E-state index is 10.4. The minimum atomic E-state index is -2.03. The van der Waals surface area contributed by atoms with Gasteiger partial charge in [-0.3, -0.25) is 9.36 Å². The summed E-state index contributed by atoms with van der Waals surface area (Å²) < 4.78 is 14.7. The van der Waals surface area contributed by atoms with Gasteiger partial charge in [0.1, 0.15) is 0 Å². The average molecular weight is 160 g/mol. The Balaban J connectivity index is 0. The first-order valence-electron chi connectivity index (χ1n) is 2.38. The molecule has 1 atom stereocenters. The minimum absolute atomic E-state index is 0. The van der Waals surface area contributed by atoms with Crippen molar-refractivity contribution in [3.63, 3.8) is 0 Å². The van der Waals surface area contributed by atoms with Gasteiger partial charge in [0.15, 0.2) is 0 Å². The Morgan fingerprint density at radius 1 is 1.67 bits per heavy atom. The molecule has 0 radical (unpaired) electrons. The number of carbonyl (C=O) groups excluding carboxylic acids is 1. The molecule has 3 nitrogen and oxygen atoms in total. The van der Waals surface area contributed by atoms with Gasteiger partial charge in [-0.1, -0.05) is 6.92 Å². The third kappa shape index (κ3) is 8.70. The Morgan fingerprint density at radius 3 is 2.22 bits per heavy atom. The van der Waals surface area contributed by atoms with Gasteiger partial charge in [-0.25, -0.2) is 0 Å². The molecule has 0 aliphatic carbocycles. The zero-order valence-corrected chi connectivity index (χ0v) is 5.93. The molecule has 0 aromatic rings. The van der Waals surface area contributed by atoms with Crippen LogP contribution in [0, 0.1) is 0 Å². The summed E-state index contributed by atoms with van der Waals surface area (Å²) in [6, 6.07) is 0. The Labute approximate surface area is 77.3 Å². The maximum absolute atomic E-state index is 10.4. The van der Waals surface area contributed by atoms with E-state index in [-0.39, 0.29) is 29.6 Å². The molecular weight excluding hydrogens is 150 g/mol. The second-order valence-electron chi connectivity index (χ2n) is 1.32. The van der Waals surface area contributed by atoms with E-state index < -0.39 is 14.0 Å². The molecule has 0 saturated carbocycles. The van der Waals surface area contributed by atoms with E-state index in [1.165, 1.54) is 6.92 Å². The van der Waals surface area contributed by atoms with Gasteiger partial charge in [0.2, 0.25) is 8.03 Å². The zero-order chi connectivity index (χ0) is 6.57. The third-order valence-electron chi connectivity index (χ3n) is 0.546. The Hall–Kier alpha value is 0.700. The van der Waals surface area contributed by atoms with Crippen molar-refractivity contribution < 1.29 is 13.9 Å². The number of hydrogen-bond donors (Lipinski definition) is 0. The van der Waals surface area contributed by atoms with Gasteiger partial charge in [0.25, 0.3) is 0 Å². The molecule has 0 aliphatic heterocycles. The van der Waals surface area contributed by atoms with Crippen LogP contribution in [-0.2, 0) is 13.9 Å². The quantitative estimate of drug-likeness (QED) is 0.433. The molecule has 0 amide bonds. The van der Waals surface area contributed by atoms with Gasteiger partial charge >= 0.3 is 35.5 Å². The van der Waals surface area contributed by atoms with Crippen molar-refractivity contribution in [3.8, 4) is 0 Å². The molecule has 0 bridgehead atoms. The van der Waals surface area contributed by atoms with Crippen molar-refractivity contribution in [2.24, 2.45) is 0 Å². The standard InChI is InChI=1S/C4H9O3P.Na.H/c1-3-8(6)7-4(2)5;;/h8H,3H2,1-2H3;;. The average Bonchev–Trinajstić information content (AvgIpc) is 1.65. The molecule has 0 rings (SSSR count). The van der Waals surface area contributed by atoms with Crippen molar-refractivity contribution in [2.75, 3.05) is 6.16 Å². The Kier molecular flexibility index (Phi) is 9.38. The fraction of sp³-hybridized carbons (Fsp3) is 0.750. The molecule has 0 aromatic heterocycles. The number of carbonyl (C=O) groups is 1. The van der Waals surface area contributed by atoms with E-state index in [0.29, 0.717) is 6.16 Å². The molecule has 0 aromatic carbocycles. The fourth-order valence-electron chi connectivity index (χ4n) is 0.232. The topological polar surface area (TPSA) is 43.4 Å². The predicted molar refractivity (Wildman–Crippen MR) is 38.5 cm³/mol. The molecule has 0 aliphatic rings. The van der Waals surface area contributed by atoms with Gasteiger partial charge in [0, 0.05) is 13.1 Å². The van der Waals surface area contributed by atoms with Crippen LogP contribution in [-0.4, -0.2) is 41.7 Å². The van der Waals surface area contributed by atoms with Crippen LogP contribution < -0.4 is 0 Å². The van der Waals surface area contributed by atoms with E-state index in [1.807, 2.05) is 0 Å². The third-order valence-corrected chi connectivity index (χ3v) is 1.64. The second-order valence-corrected chi connectivity index (χ2v) is 2.97. The van der Waals surface area contributed by atoms with Gasteiger partial charge in [-0.15, -0.1) is 0 Å². The summed E-state index contributed by atoms with van der Waals surface area (Å²) in [5, 5.41) is 0. The second kappa shape index (κ2) is 6.81. The molecule has 0 N–H and O–H groups in total. The molecular formula is C4H10NaO3P. The molecule has 9 heavy (non-hydrogen) atoms. The van der Waals surface area contributed by atoms with Crippen molar-refractivity contribution in [1.82, 2.24) is 0 Å². The van der Waals surface area contributed by atoms with E-state index in [1.54, 1.807) is 6.92 Å². The summed E-state index contributed by atoms with van der Waals surface area (Å²) in [4.78, 5) is 10.0. The predicted octanol–water partition coefficient (Wildman–Crippen LogP) is 0.396. The molecule has 0 heterocycles. The first kappa shape index (κ1) is 12.4. The van der Waals surface area contributed by atoms with Crippen molar-refractivity contribution in [3.05, 3.63) is 0 Å². The van der Waals surface area contributed by atoms with E-state index in [4.69, 9.17) is 0 Å². The summed E-state index contributed by atoms with van der Waals surface area (Å²) in [6.07, 6.45) is 0.435. The van der Waals surface area contributed by atoms with Crippen molar-refractivity contribution in [1.29, 1.82) is 0 Å². The summed E-state index contributed by atoms with van der Waals surface area (Å²) in [5.41, 5.74) is 0. The molecule has 0 spiro atoms. The zero-order valence-electron chi connectivity index (χ0n) is 4.93. The number of rotatable bonds is 2. The van der Waals surface area contributed by atoms with Crippen LogP contribution in [0.15, 0.2) is 0 Å². The summed E-state index contributed by atoms with van der Waals surface area (Å²) in [6.45, 7) is 2.96. The first-order valence-corrected chi connectivity index (χ1v) is 3.90. The number of hydrogen-bond acceptors (Lipinski definition) is 3. The molecule has 5 heteroatoms. The van der Waals surface area contributed by atoms with Crippen LogP contribution in [0.25, 0.3) is 0 Å². The summed E-state index contributed by atoms with van der Waals surface area (Å²) in [5.74, 6) is -0.462. The van der Waals surface area contributed by atoms with E-state index in [2.05, 4.69) is 4.52 Å². The van der Waals surface area contributed by atoms with Crippen LogP contribution in [0.2, 0.25) is 0 Å². The van der Waals surface area contributed by atoms with Gasteiger partial charge in [-0.05, 0) is 0 Å². The molecule has 0 fully saturated rings. The molecule has 0 saturated heterocycles. The molecule has 1 unspecified atom stereocenters. The monoisotopic (exact) mass is 160 g/mol. The summed E-state index contributed by atoms with van der Waals surface area (Å²) >= 11 is 0. The van der Waals surface area contributed by atoms with Crippen molar-refractivity contribution >= 4 is 43.6 Å².